The molecule has 1 rings (SSSR count). The van der Waals surface area contributed by atoms with E-state index in [1.54, 1.807) is 24.3 Å². The fraction of sp³-hybridized carbons (Fsp3) is 0.333. The minimum Gasteiger partial charge on any atom is -0.383 e. The van der Waals surface area contributed by atoms with Gasteiger partial charge in [0.05, 0.1) is 0 Å². The summed E-state index contributed by atoms with van der Waals surface area (Å²) in [5.41, 5.74) is 0.482. The van der Waals surface area contributed by atoms with Gasteiger partial charge in [0, 0.05) is 9.99 Å². The summed E-state index contributed by atoms with van der Waals surface area (Å²) in [6, 6.07) is 6.57. The summed E-state index contributed by atoms with van der Waals surface area (Å²) in [7, 11) is 0. The van der Waals surface area contributed by atoms with Gasteiger partial charge in [0.25, 0.3) is 0 Å². The topological polar surface area (TPSA) is 20.2 Å². The molecule has 14 heavy (non-hydrogen) atoms. The average Bonchev–Trinajstić information content (AvgIpc) is 2.07. The van der Waals surface area contributed by atoms with Gasteiger partial charge in [0.1, 0.15) is 0 Å². The Morgan fingerprint density at radius 1 is 1.21 bits per heavy atom. The summed E-state index contributed by atoms with van der Waals surface area (Å²) in [4.78, 5) is 0. The zero-order valence-corrected chi connectivity index (χ0v) is 9.21. The van der Waals surface area contributed by atoms with Crippen molar-refractivity contribution in [3.63, 3.8) is 0 Å². The SMILES string of the molecule is O[C@@H](Cc1ccc(I)cc1)C(F)(F)F. The van der Waals surface area contributed by atoms with E-state index in [0.29, 0.717) is 5.56 Å². The number of hydrogen-bond donors (Lipinski definition) is 1. The van der Waals surface area contributed by atoms with Crippen LogP contribution in [0, 0.1) is 3.57 Å². The molecule has 0 aromatic heterocycles. The Kier molecular flexibility index (Phi) is 3.77. The fourth-order valence-electron chi connectivity index (χ4n) is 0.959. The Morgan fingerprint density at radius 2 is 1.71 bits per heavy atom. The lowest BCUT2D eigenvalue weighted by molar-refractivity contribution is -0.203. The second kappa shape index (κ2) is 4.48. The number of hydrogen-bond acceptors (Lipinski definition) is 1. The lowest BCUT2D eigenvalue weighted by Gasteiger charge is -2.14. The zero-order chi connectivity index (χ0) is 10.8. The van der Waals surface area contributed by atoms with Gasteiger partial charge in [0.2, 0.25) is 0 Å². The first-order chi connectivity index (χ1) is 6.39. The molecule has 0 spiro atoms. The van der Waals surface area contributed by atoms with Crippen molar-refractivity contribution in [2.24, 2.45) is 0 Å². The molecule has 0 unspecified atom stereocenters. The van der Waals surface area contributed by atoms with Crippen molar-refractivity contribution in [2.45, 2.75) is 18.7 Å². The lowest BCUT2D eigenvalue weighted by atomic mass is 10.1. The number of halogens is 4. The Labute approximate surface area is 93.1 Å². The van der Waals surface area contributed by atoms with Crippen molar-refractivity contribution in [2.75, 3.05) is 0 Å². The average molecular weight is 316 g/mol. The van der Waals surface area contributed by atoms with Crippen LogP contribution in [-0.4, -0.2) is 17.4 Å². The van der Waals surface area contributed by atoms with E-state index < -0.39 is 12.3 Å². The number of rotatable bonds is 2. The van der Waals surface area contributed by atoms with Crippen LogP contribution in [0.4, 0.5) is 13.2 Å². The molecule has 0 amide bonds. The number of alkyl halides is 3. The molecule has 1 aromatic carbocycles. The summed E-state index contributed by atoms with van der Waals surface area (Å²) in [5.74, 6) is 0. The number of aliphatic hydroxyl groups excluding tert-OH is 1. The van der Waals surface area contributed by atoms with Crippen LogP contribution < -0.4 is 0 Å². The third-order valence-electron chi connectivity index (χ3n) is 1.72. The van der Waals surface area contributed by atoms with Crippen molar-refractivity contribution in [1.29, 1.82) is 0 Å². The van der Waals surface area contributed by atoms with Gasteiger partial charge in [-0.2, -0.15) is 13.2 Å². The van der Waals surface area contributed by atoms with Crippen molar-refractivity contribution in [3.05, 3.63) is 33.4 Å². The van der Waals surface area contributed by atoms with Gasteiger partial charge in [-0.15, -0.1) is 0 Å². The van der Waals surface area contributed by atoms with E-state index in [9.17, 15) is 13.2 Å². The first-order valence-corrected chi connectivity index (χ1v) is 4.96. The third-order valence-corrected chi connectivity index (χ3v) is 2.44. The molecule has 0 heterocycles. The van der Waals surface area contributed by atoms with Gasteiger partial charge >= 0.3 is 6.18 Å². The lowest BCUT2D eigenvalue weighted by Crippen LogP contribution is -2.30. The Bertz CT molecular complexity index is 294. The van der Waals surface area contributed by atoms with E-state index in [0.717, 1.165) is 3.57 Å². The van der Waals surface area contributed by atoms with E-state index in [1.165, 1.54) is 0 Å². The predicted molar refractivity (Wildman–Crippen MR) is 54.9 cm³/mol. The maximum atomic E-state index is 12.0. The van der Waals surface area contributed by atoms with Gasteiger partial charge in [-0.05, 0) is 40.3 Å². The van der Waals surface area contributed by atoms with Crippen LogP contribution in [0.15, 0.2) is 24.3 Å². The van der Waals surface area contributed by atoms with Gasteiger partial charge in [0.15, 0.2) is 6.10 Å². The van der Waals surface area contributed by atoms with Crippen LogP contribution >= 0.6 is 22.6 Å². The van der Waals surface area contributed by atoms with Crippen LogP contribution in [0.5, 0.6) is 0 Å². The van der Waals surface area contributed by atoms with Gasteiger partial charge < -0.3 is 5.11 Å². The van der Waals surface area contributed by atoms with Gasteiger partial charge in [-0.1, -0.05) is 12.1 Å². The molecular formula is C9H8F3IO. The molecule has 5 heteroatoms. The molecule has 78 valence electrons. The van der Waals surface area contributed by atoms with Crippen LogP contribution in [0.2, 0.25) is 0 Å². The highest BCUT2D eigenvalue weighted by molar-refractivity contribution is 14.1. The van der Waals surface area contributed by atoms with Crippen molar-refractivity contribution < 1.29 is 18.3 Å². The summed E-state index contributed by atoms with van der Waals surface area (Å²) < 4.78 is 36.8. The largest absolute Gasteiger partial charge is 0.414 e. The molecule has 0 fully saturated rings. The van der Waals surface area contributed by atoms with Crippen LogP contribution in [0.1, 0.15) is 5.56 Å². The van der Waals surface area contributed by atoms with Gasteiger partial charge in [-0.25, -0.2) is 0 Å². The second-order valence-electron chi connectivity index (χ2n) is 2.89. The van der Waals surface area contributed by atoms with E-state index in [-0.39, 0.29) is 6.42 Å². The molecule has 0 saturated heterocycles. The van der Waals surface area contributed by atoms with Crippen LogP contribution in [-0.2, 0) is 6.42 Å². The first kappa shape index (κ1) is 11.8. The molecule has 0 aliphatic rings. The van der Waals surface area contributed by atoms with E-state index >= 15 is 0 Å². The quantitative estimate of drug-likeness (QED) is 0.832. The van der Waals surface area contributed by atoms with Crippen molar-refractivity contribution in [1.82, 2.24) is 0 Å². The molecule has 1 aromatic rings. The molecule has 1 N–H and O–H groups in total. The molecule has 0 aliphatic carbocycles. The summed E-state index contributed by atoms with van der Waals surface area (Å²) in [5, 5.41) is 8.78. The Morgan fingerprint density at radius 3 is 2.14 bits per heavy atom. The highest BCUT2D eigenvalue weighted by Gasteiger charge is 2.37. The van der Waals surface area contributed by atoms with Crippen molar-refractivity contribution in [3.8, 4) is 0 Å². The minimum atomic E-state index is -4.54. The Hall–Kier alpha value is -0.300. The minimum absolute atomic E-state index is 0.388. The molecule has 1 nitrogen and oxygen atoms in total. The highest BCUT2D eigenvalue weighted by atomic mass is 127. The predicted octanol–water partition coefficient (Wildman–Crippen LogP) is 2.76. The monoisotopic (exact) mass is 316 g/mol. The Balaban J connectivity index is 2.65. The highest BCUT2D eigenvalue weighted by Crippen LogP contribution is 2.23. The summed E-state index contributed by atoms with van der Waals surface area (Å²) >= 11 is 2.06. The van der Waals surface area contributed by atoms with Gasteiger partial charge in [-0.3, -0.25) is 0 Å². The summed E-state index contributed by atoms with van der Waals surface area (Å²) in [6.07, 6.45) is -7.20. The number of aliphatic hydroxyl groups is 1. The van der Waals surface area contributed by atoms with Crippen molar-refractivity contribution >= 4 is 22.6 Å². The standard InChI is InChI=1S/C9H8F3IO/c10-9(11,12)8(14)5-6-1-3-7(13)4-2-6/h1-4,8,14H,5H2/t8-/m0/s1. The maximum Gasteiger partial charge on any atom is 0.414 e. The molecular weight excluding hydrogens is 308 g/mol. The van der Waals surface area contributed by atoms with E-state index in [1.807, 2.05) is 0 Å². The normalized spacial score (nSPS) is 14.1. The third kappa shape index (κ3) is 3.45. The van der Waals surface area contributed by atoms with E-state index in [4.69, 9.17) is 5.11 Å². The maximum absolute atomic E-state index is 12.0. The molecule has 0 saturated carbocycles. The molecule has 0 bridgehead atoms. The van der Waals surface area contributed by atoms with E-state index in [2.05, 4.69) is 22.6 Å². The molecule has 0 radical (unpaired) electrons. The molecule has 1 atom stereocenters. The van der Waals surface area contributed by atoms with Crippen LogP contribution in [0.3, 0.4) is 0 Å². The second-order valence-corrected chi connectivity index (χ2v) is 4.13. The first-order valence-electron chi connectivity index (χ1n) is 3.89. The molecule has 0 aliphatic heterocycles. The zero-order valence-electron chi connectivity index (χ0n) is 7.05. The summed E-state index contributed by atoms with van der Waals surface area (Å²) in [6.45, 7) is 0. The number of benzene rings is 1. The van der Waals surface area contributed by atoms with Crippen LogP contribution in [0.25, 0.3) is 0 Å². The smallest absolute Gasteiger partial charge is 0.383 e. The fourth-order valence-corrected chi connectivity index (χ4v) is 1.32.